The van der Waals surface area contributed by atoms with E-state index in [9.17, 15) is 4.79 Å². The fraction of sp³-hybridized carbons (Fsp3) is 0.333. The minimum atomic E-state index is -0.0492. The molecule has 0 bridgehead atoms. The highest BCUT2D eigenvalue weighted by atomic mass is 16.5. The molecule has 6 nitrogen and oxygen atoms in total. The molecule has 0 unspecified atom stereocenters. The zero-order valence-electron chi connectivity index (χ0n) is 16.0. The Hall–Kier alpha value is -3.02. The Bertz CT molecular complexity index is 934. The number of imidazole rings is 1. The molecule has 0 aliphatic heterocycles. The molecule has 1 aromatic carbocycles. The van der Waals surface area contributed by atoms with Crippen LogP contribution in [0.15, 0.2) is 42.6 Å². The maximum atomic E-state index is 12.4. The number of carbonyl (C=O) groups excluding carboxylic acids is 1. The van der Waals surface area contributed by atoms with Crippen molar-refractivity contribution >= 4 is 17.2 Å². The maximum absolute atomic E-state index is 12.4. The molecule has 0 saturated heterocycles. The minimum Gasteiger partial charge on any atom is -0.490 e. The van der Waals surface area contributed by atoms with Crippen LogP contribution in [0.4, 0.5) is 5.69 Å². The van der Waals surface area contributed by atoms with Gasteiger partial charge in [0.25, 0.3) is 0 Å². The van der Waals surface area contributed by atoms with E-state index in [0.29, 0.717) is 43.2 Å². The number of hydrogen-bond acceptors (Lipinski definition) is 4. The summed E-state index contributed by atoms with van der Waals surface area (Å²) >= 11 is 0. The predicted octanol–water partition coefficient (Wildman–Crippen LogP) is 4.01. The maximum Gasteiger partial charge on any atom is 0.224 e. The smallest absolute Gasteiger partial charge is 0.224 e. The molecular formula is C21H25N3O3. The first-order valence-corrected chi connectivity index (χ1v) is 9.24. The van der Waals surface area contributed by atoms with Crippen molar-refractivity contribution < 1.29 is 14.3 Å². The average Bonchev–Trinajstić information content (AvgIpc) is 2.97. The van der Waals surface area contributed by atoms with Crippen molar-refractivity contribution in [1.29, 1.82) is 0 Å². The number of anilines is 1. The summed E-state index contributed by atoms with van der Waals surface area (Å²) in [6.07, 6.45) is 2.97. The number of nitrogens with one attached hydrogen (secondary N) is 1. The summed E-state index contributed by atoms with van der Waals surface area (Å²) in [5.41, 5.74) is 3.61. The number of ether oxygens (including phenoxy) is 2. The van der Waals surface area contributed by atoms with E-state index in [-0.39, 0.29) is 5.91 Å². The van der Waals surface area contributed by atoms with Crippen molar-refractivity contribution in [3.63, 3.8) is 0 Å². The van der Waals surface area contributed by atoms with Crippen LogP contribution in [-0.4, -0.2) is 28.5 Å². The zero-order valence-corrected chi connectivity index (χ0v) is 16.0. The molecule has 0 radical (unpaired) electrons. The van der Waals surface area contributed by atoms with Gasteiger partial charge in [0.1, 0.15) is 5.65 Å². The lowest BCUT2D eigenvalue weighted by atomic mass is 10.2. The number of pyridine rings is 1. The van der Waals surface area contributed by atoms with Crippen molar-refractivity contribution in [2.45, 2.75) is 33.6 Å². The second kappa shape index (κ2) is 8.58. The molecule has 0 saturated carbocycles. The molecule has 0 aliphatic carbocycles. The van der Waals surface area contributed by atoms with Crippen LogP contribution >= 0.6 is 0 Å². The monoisotopic (exact) mass is 367 g/mol. The van der Waals surface area contributed by atoms with E-state index in [4.69, 9.17) is 9.47 Å². The van der Waals surface area contributed by atoms with E-state index in [1.165, 1.54) is 0 Å². The lowest BCUT2D eigenvalue weighted by Gasteiger charge is -2.13. The fourth-order valence-electron chi connectivity index (χ4n) is 3.05. The Kier molecular flexibility index (Phi) is 5.96. The third-order valence-electron chi connectivity index (χ3n) is 4.25. The number of aryl methyl sites for hydroxylation is 2. The van der Waals surface area contributed by atoms with Gasteiger partial charge in [0.15, 0.2) is 11.5 Å². The van der Waals surface area contributed by atoms with E-state index < -0.39 is 0 Å². The summed E-state index contributed by atoms with van der Waals surface area (Å²) in [6, 6.07) is 11.3. The van der Waals surface area contributed by atoms with Crippen LogP contribution < -0.4 is 14.8 Å². The summed E-state index contributed by atoms with van der Waals surface area (Å²) in [7, 11) is 0. The van der Waals surface area contributed by atoms with Gasteiger partial charge in [-0.2, -0.15) is 0 Å². The van der Waals surface area contributed by atoms with E-state index in [1.54, 1.807) is 6.07 Å². The summed E-state index contributed by atoms with van der Waals surface area (Å²) in [4.78, 5) is 17.0. The number of amides is 1. The highest BCUT2D eigenvalue weighted by molar-refractivity contribution is 5.91. The molecule has 0 aliphatic rings. The van der Waals surface area contributed by atoms with Crippen molar-refractivity contribution in [2.24, 2.45) is 0 Å². The topological polar surface area (TPSA) is 64.9 Å². The normalized spacial score (nSPS) is 10.8. The second-order valence-electron chi connectivity index (χ2n) is 6.15. The molecule has 1 N–H and O–H groups in total. The third kappa shape index (κ3) is 4.39. The first kappa shape index (κ1) is 18.8. The zero-order chi connectivity index (χ0) is 19.2. The van der Waals surface area contributed by atoms with Crippen LogP contribution in [0.5, 0.6) is 11.5 Å². The molecule has 2 aromatic heterocycles. The minimum absolute atomic E-state index is 0.0492. The van der Waals surface area contributed by atoms with E-state index in [0.717, 1.165) is 17.0 Å². The largest absolute Gasteiger partial charge is 0.490 e. The van der Waals surface area contributed by atoms with Gasteiger partial charge in [0, 0.05) is 30.1 Å². The lowest BCUT2D eigenvalue weighted by molar-refractivity contribution is -0.116. The van der Waals surface area contributed by atoms with Crippen LogP contribution in [0.1, 0.15) is 31.7 Å². The van der Waals surface area contributed by atoms with Crippen molar-refractivity contribution in [3.05, 3.63) is 54.0 Å². The van der Waals surface area contributed by atoms with Gasteiger partial charge in [0.05, 0.1) is 18.9 Å². The Morgan fingerprint density at radius 1 is 1.11 bits per heavy atom. The van der Waals surface area contributed by atoms with Gasteiger partial charge in [0.2, 0.25) is 5.91 Å². The highest BCUT2D eigenvalue weighted by Crippen LogP contribution is 2.30. The summed E-state index contributed by atoms with van der Waals surface area (Å²) < 4.78 is 13.2. The van der Waals surface area contributed by atoms with Gasteiger partial charge < -0.3 is 19.2 Å². The van der Waals surface area contributed by atoms with E-state index in [2.05, 4.69) is 10.3 Å². The summed E-state index contributed by atoms with van der Waals surface area (Å²) in [6.45, 7) is 6.91. The molecule has 142 valence electrons. The number of aromatic nitrogens is 2. The van der Waals surface area contributed by atoms with Crippen LogP contribution in [-0.2, 0) is 11.2 Å². The van der Waals surface area contributed by atoms with Crippen molar-refractivity contribution in [1.82, 2.24) is 9.38 Å². The van der Waals surface area contributed by atoms with Gasteiger partial charge in [-0.1, -0.05) is 6.07 Å². The SMILES string of the molecule is CCOc1ccc(NC(=O)CCc2c(C)nc3ccccn23)cc1OCC. The van der Waals surface area contributed by atoms with E-state index in [1.807, 2.05) is 61.7 Å². The summed E-state index contributed by atoms with van der Waals surface area (Å²) in [5.74, 6) is 1.26. The standard InChI is InChI=1S/C21H25N3O3/c1-4-26-18-11-9-16(14-19(18)27-5-2)23-21(25)12-10-17-15(3)22-20-8-6-7-13-24(17)20/h6-9,11,13-14H,4-5,10,12H2,1-3H3,(H,23,25). The average molecular weight is 367 g/mol. The number of fused-ring (bicyclic) bond motifs is 1. The van der Waals surface area contributed by atoms with Crippen LogP contribution in [0.3, 0.4) is 0 Å². The highest BCUT2D eigenvalue weighted by Gasteiger charge is 2.12. The number of benzene rings is 1. The van der Waals surface area contributed by atoms with Gasteiger partial charge >= 0.3 is 0 Å². The number of rotatable bonds is 8. The first-order chi connectivity index (χ1) is 13.1. The number of nitrogens with zero attached hydrogens (tertiary/aromatic N) is 2. The molecule has 2 heterocycles. The van der Waals surface area contributed by atoms with Crippen molar-refractivity contribution in [3.8, 4) is 11.5 Å². The Balaban J connectivity index is 1.67. The fourth-order valence-corrected chi connectivity index (χ4v) is 3.05. The molecule has 3 rings (SSSR count). The predicted molar refractivity (Wildman–Crippen MR) is 106 cm³/mol. The van der Waals surface area contributed by atoms with Crippen molar-refractivity contribution in [2.75, 3.05) is 18.5 Å². The first-order valence-electron chi connectivity index (χ1n) is 9.24. The molecule has 3 aromatic rings. The van der Waals surface area contributed by atoms with Gasteiger partial charge in [-0.15, -0.1) is 0 Å². The molecule has 0 spiro atoms. The molecule has 0 fully saturated rings. The van der Waals surface area contributed by atoms with Gasteiger partial charge in [-0.25, -0.2) is 4.98 Å². The Labute approximate surface area is 159 Å². The Morgan fingerprint density at radius 3 is 2.67 bits per heavy atom. The van der Waals surface area contributed by atoms with Gasteiger partial charge in [-0.05, 0) is 51.5 Å². The third-order valence-corrected chi connectivity index (χ3v) is 4.25. The molecular weight excluding hydrogens is 342 g/mol. The quantitative estimate of drug-likeness (QED) is 0.653. The second-order valence-corrected chi connectivity index (χ2v) is 6.15. The van der Waals surface area contributed by atoms with Gasteiger partial charge in [-0.3, -0.25) is 4.79 Å². The van der Waals surface area contributed by atoms with E-state index >= 15 is 0 Å². The van der Waals surface area contributed by atoms with Crippen LogP contribution in [0.25, 0.3) is 5.65 Å². The number of hydrogen-bond donors (Lipinski definition) is 1. The molecule has 27 heavy (non-hydrogen) atoms. The summed E-state index contributed by atoms with van der Waals surface area (Å²) in [5, 5.41) is 2.94. The molecule has 1 amide bonds. The van der Waals surface area contributed by atoms with Crippen LogP contribution in [0.2, 0.25) is 0 Å². The van der Waals surface area contributed by atoms with Crippen LogP contribution in [0, 0.1) is 6.92 Å². The number of carbonyl (C=O) groups is 1. The molecule has 6 heteroatoms. The molecule has 0 atom stereocenters. The Morgan fingerprint density at radius 2 is 1.89 bits per heavy atom. The lowest BCUT2D eigenvalue weighted by Crippen LogP contribution is -2.13.